The number of benzene rings is 3. The highest BCUT2D eigenvalue weighted by Gasteiger charge is 2.22. The number of fused-ring (bicyclic) bond motifs is 1. The number of imidazole rings is 1. The number of nitrogens with zero attached hydrogens (tertiary/aromatic N) is 2. The molecule has 0 bridgehead atoms. The zero-order chi connectivity index (χ0) is 20.3. The number of thiazole rings is 1. The van der Waals surface area contributed by atoms with Crippen LogP contribution in [0.2, 0.25) is 0 Å². The molecule has 2 aromatic heterocycles. The van der Waals surface area contributed by atoms with E-state index in [-0.39, 0.29) is 0 Å². The van der Waals surface area contributed by atoms with Crippen molar-refractivity contribution in [1.29, 1.82) is 0 Å². The van der Waals surface area contributed by atoms with E-state index in [4.69, 9.17) is 0 Å². The lowest BCUT2D eigenvalue weighted by Crippen LogP contribution is -2.13. The second-order valence-electron chi connectivity index (χ2n) is 7.47. The maximum absolute atomic E-state index is 13.3. The van der Waals surface area contributed by atoms with Gasteiger partial charge in [-0.15, -0.1) is 11.3 Å². The fourth-order valence-electron chi connectivity index (χ4n) is 4.27. The highest BCUT2D eigenvalue weighted by molar-refractivity contribution is 7.93. The molecule has 148 valence electrons. The van der Waals surface area contributed by atoms with Crippen molar-refractivity contribution in [2.45, 2.75) is 17.7 Å². The lowest BCUT2D eigenvalue weighted by molar-refractivity contribution is 0.602. The largest absolute Gasteiger partial charge is 0.297 e. The Hall–Kier alpha value is -3.16. The van der Waals surface area contributed by atoms with Crippen LogP contribution < -0.4 is 4.72 Å². The van der Waals surface area contributed by atoms with Gasteiger partial charge in [-0.3, -0.25) is 9.12 Å². The van der Waals surface area contributed by atoms with Gasteiger partial charge in [0, 0.05) is 34.4 Å². The van der Waals surface area contributed by atoms with E-state index in [1.807, 2.05) is 58.6 Å². The van der Waals surface area contributed by atoms with Crippen molar-refractivity contribution < 1.29 is 8.42 Å². The molecular formula is C23H17N3O2S2. The highest BCUT2D eigenvalue weighted by Crippen LogP contribution is 2.35. The third-order valence-electron chi connectivity index (χ3n) is 5.63. The van der Waals surface area contributed by atoms with Gasteiger partial charge in [0.2, 0.25) is 0 Å². The minimum absolute atomic E-state index is 0.318. The first-order valence-corrected chi connectivity index (χ1v) is 12.0. The number of aromatic nitrogens is 2. The summed E-state index contributed by atoms with van der Waals surface area (Å²) in [6.45, 7) is 0. The standard InChI is InChI=1S/C23H17N3O2S2/c27-30(28,21-10-9-16-8-7-15-3-2-6-19(21)22(15)16)25-18-5-1-4-17(13-18)20-14-26-11-12-29-23(26)24-20/h1-6,9-14,25H,7-8H2. The molecule has 0 fully saturated rings. The zero-order valence-corrected chi connectivity index (χ0v) is 17.5. The predicted molar refractivity (Wildman–Crippen MR) is 121 cm³/mol. The number of nitrogens with one attached hydrogen (secondary N) is 1. The molecule has 0 radical (unpaired) electrons. The number of aryl methyl sites for hydroxylation is 2. The van der Waals surface area contributed by atoms with Gasteiger partial charge in [-0.05, 0) is 47.6 Å². The van der Waals surface area contributed by atoms with Crippen molar-refractivity contribution in [3.8, 4) is 11.3 Å². The summed E-state index contributed by atoms with van der Waals surface area (Å²) in [6, 6.07) is 17.0. The van der Waals surface area contributed by atoms with Gasteiger partial charge in [0.1, 0.15) is 0 Å². The van der Waals surface area contributed by atoms with Crippen molar-refractivity contribution in [3.63, 3.8) is 0 Å². The van der Waals surface area contributed by atoms with Crippen LogP contribution in [0.3, 0.4) is 0 Å². The van der Waals surface area contributed by atoms with Crippen LogP contribution in [-0.2, 0) is 22.9 Å². The van der Waals surface area contributed by atoms with E-state index in [9.17, 15) is 8.42 Å². The zero-order valence-electron chi connectivity index (χ0n) is 15.9. The number of hydrogen-bond donors (Lipinski definition) is 1. The Kier molecular flexibility index (Phi) is 3.78. The van der Waals surface area contributed by atoms with Crippen LogP contribution in [0.1, 0.15) is 11.1 Å². The molecule has 0 saturated carbocycles. The molecule has 0 atom stereocenters. The van der Waals surface area contributed by atoms with E-state index in [2.05, 4.69) is 15.8 Å². The molecule has 7 heteroatoms. The van der Waals surface area contributed by atoms with Crippen LogP contribution in [0.25, 0.3) is 27.0 Å². The third-order valence-corrected chi connectivity index (χ3v) is 7.84. The van der Waals surface area contributed by atoms with Gasteiger partial charge in [0.05, 0.1) is 10.6 Å². The van der Waals surface area contributed by atoms with Gasteiger partial charge in [-0.25, -0.2) is 13.4 Å². The number of anilines is 1. The average molecular weight is 432 g/mol. The maximum Gasteiger partial charge on any atom is 0.262 e. The summed E-state index contributed by atoms with van der Waals surface area (Å²) in [5, 5.41) is 3.86. The molecule has 30 heavy (non-hydrogen) atoms. The van der Waals surface area contributed by atoms with Crippen LogP contribution in [-0.4, -0.2) is 17.8 Å². The van der Waals surface area contributed by atoms with Gasteiger partial charge >= 0.3 is 0 Å². The van der Waals surface area contributed by atoms with Crippen molar-refractivity contribution >= 4 is 42.8 Å². The first-order valence-electron chi connectivity index (χ1n) is 9.67. The van der Waals surface area contributed by atoms with Crippen LogP contribution in [0.15, 0.2) is 77.3 Å². The van der Waals surface area contributed by atoms with Gasteiger partial charge in [0.15, 0.2) is 4.96 Å². The molecule has 0 saturated heterocycles. The summed E-state index contributed by atoms with van der Waals surface area (Å²) in [5.41, 5.74) is 4.65. The molecule has 5 aromatic rings. The van der Waals surface area contributed by atoms with E-state index in [0.29, 0.717) is 10.6 Å². The maximum atomic E-state index is 13.3. The second-order valence-corrected chi connectivity index (χ2v) is 9.99. The summed E-state index contributed by atoms with van der Waals surface area (Å²) in [5.74, 6) is 0. The molecular weight excluding hydrogens is 414 g/mol. The normalized spacial score (nSPS) is 13.3. The minimum Gasteiger partial charge on any atom is -0.297 e. The SMILES string of the molecule is O=S(=O)(Nc1cccc(-c2cn3ccsc3n2)c1)c1ccc2c3c(cccc13)CC2. The molecule has 1 N–H and O–H groups in total. The van der Waals surface area contributed by atoms with Gasteiger partial charge in [-0.1, -0.05) is 36.4 Å². The molecule has 0 aliphatic heterocycles. The first-order chi connectivity index (χ1) is 14.6. The molecule has 1 aliphatic carbocycles. The Labute approximate surface area is 177 Å². The summed E-state index contributed by atoms with van der Waals surface area (Å²) >= 11 is 1.56. The lowest BCUT2D eigenvalue weighted by Gasteiger charge is -2.12. The van der Waals surface area contributed by atoms with Gasteiger partial charge in [0.25, 0.3) is 10.0 Å². The van der Waals surface area contributed by atoms with Gasteiger partial charge < -0.3 is 0 Å². The minimum atomic E-state index is -3.73. The second kappa shape index (κ2) is 6.42. The fourth-order valence-corrected chi connectivity index (χ4v) is 6.23. The molecule has 0 spiro atoms. The third kappa shape index (κ3) is 2.74. The molecule has 0 unspecified atom stereocenters. The molecule has 3 aromatic carbocycles. The smallest absolute Gasteiger partial charge is 0.262 e. The highest BCUT2D eigenvalue weighted by atomic mass is 32.2. The number of hydrogen-bond acceptors (Lipinski definition) is 4. The summed E-state index contributed by atoms with van der Waals surface area (Å²) in [7, 11) is -3.73. The van der Waals surface area contributed by atoms with Crippen molar-refractivity contribution in [1.82, 2.24) is 9.38 Å². The van der Waals surface area contributed by atoms with E-state index >= 15 is 0 Å². The molecule has 2 heterocycles. The van der Waals surface area contributed by atoms with Crippen LogP contribution in [0.5, 0.6) is 0 Å². The fraction of sp³-hybridized carbons (Fsp3) is 0.0870. The first kappa shape index (κ1) is 17.7. The van der Waals surface area contributed by atoms with E-state index in [1.165, 1.54) is 11.1 Å². The molecule has 0 amide bonds. The summed E-state index contributed by atoms with van der Waals surface area (Å²) in [6.07, 6.45) is 5.84. The summed E-state index contributed by atoms with van der Waals surface area (Å²) < 4.78 is 31.3. The Balaban J connectivity index is 1.40. The Morgan fingerprint density at radius 3 is 2.70 bits per heavy atom. The number of sulfonamides is 1. The Bertz CT molecular complexity index is 1510. The quantitative estimate of drug-likeness (QED) is 0.430. The van der Waals surface area contributed by atoms with Crippen LogP contribution in [0.4, 0.5) is 5.69 Å². The molecule has 1 aliphatic rings. The van der Waals surface area contributed by atoms with E-state index < -0.39 is 10.0 Å². The molecule has 6 rings (SSSR count). The van der Waals surface area contributed by atoms with Gasteiger partial charge in [-0.2, -0.15) is 0 Å². The summed E-state index contributed by atoms with van der Waals surface area (Å²) in [4.78, 5) is 5.83. The Morgan fingerprint density at radius 1 is 1.00 bits per heavy atom. The Morgan fingerprint density at radius 2 is 1.83 bits per heavy atom. The van der Waals surface area contributed by atoms with Crippen LogP contribution in [0, 0.1) is 0 Å². The lowest BCUT2D eigenvalue weighted by atomic mass is 10.1. The topological polar surface area (TPSA) is 63.5 Å². The van der Waals surface area contributed by atoms with Crippen LogP contribution >= 0.6 is 11.3 Å². The van der Waals surface area contributed by atoms with Crippen molar-refractivity contribution in [3.05, 3.63) is 83.5 Å². The van der Waals surface area contributed by atoms with E-state index in [0.717, 1.165) is 39.8 Å². The van der Waals surface area contributed by atoms with Crippen molar-refractivity contribution in [2.24, 2.45) is 0 Å². The molecule has 5 nitrogen and oxygen atoms in total. The van der Waals surface area contributed by atoms with Crippen molar-refractivity contribution in [2.75, 3.05) is 4.72 Å². The predicted octanol–water partition coefficient (Wildman–Crippen LogP) is 5.12. The average Bonchev–Trinajstić information content (AvgIpc) is 3.44. The number of rotatable bonds is 4. The van der Waals surface area contributed by atoms with E-state index in [1.54, 1.807) is 23.5 Å². The monoisotopic (exact) mass is 431 g/mol.